The van der Waals surface area contributed by atoms with Crippen LogP contribution < -0.4 is 10.5 Å². The molecule has 0 radical (unpaired) electrons. The summed E-state index contributed by atoms with van der Waals surface area (Å²) in [5, 5.41) is 7.47. The van der Waals surface area contributed by atoms with E-state index in [-0.39, 0.29) is 6.01 Å². The molecular formula is C14H11BrN4O2. The van der Waals surface area contributed by atoms with E-state index in [2.05, 4.69) is 31.1 Å². The smallest absolute Gasteiger partial charge is 0.313 e. The number of aromatic nitrogens is 3. The molecule has 6 nitrogen and oxygen atoms in total. The van der Waals surface area contributed by atoms with Crippen molar-refractivity contribution in [2.75, 3.05) is 5.73 Å². The van der Waals surface area contributed by atoms with E-state index in [1.165, 1.54) is 0 Å². The van der Waals surface area contributed by atoms with Gasteiger partial charge >= 0.3 is 6.01 Å². The van der Waals surface area contributed by atoms with Crippen LogP contribution in [0, 0.1) is 0 Å². The zero-order chi connectivity index (χ0) is 14.7. The van der Waals surface area contributed by atoms with Crippen LogP contribution >= 0.6 is 15.9 Å². The van der Waals surface area contributed by atoms with E-state index in [1.807, 2.05) is 30.3 Å². The molecular weight excluding hydrogens is 336 g/mol. The Bertz CT molecular complexity index is 746. The Kier molecular flexibility index (Phi) is 3.83. The van der Waals surface area contributed by atoms with E-state index in [0.29, 0.717) is 12.5 Å². The van der Waals surface area contributed by atoms with Gasteiger partial charge in [0.1, 0.15) is 12.4 Å². The maximum absolute atomic E-state index is 5.74. The van der Waals surface area contributed by atoms with Crippen LogP contribution in [-0.2, 0) is 6.61 Å². The number of ether oxygens (including phenoxy) is 1. The second-order valence-electron chi connectivity index (χ2n) is 4.24. The molecule has 0 bridgehead atoms. The summed E-state index contributed by atoms with van der Waals surface area (Å²) in [5.41, 5.74) is 7.18. The van der Waals surface area contributed by atoms with Crippen LogP contribution in [0.15, 0.2) is 51.6 Å². The lowest BCUT2D eigenvalue weighted by Gasteiger charge is -2.08. The van der Waals surface area contributed by atoms with Crippen LogP contribution in [-0.4, -0.2) is 15.2 Å². The van der Waals surface area contributed by atoms with Gasteiger partial charge in [0.2, 0.25) is 5.89 Å². The third-order valence-electron chi connectivity index (χ3n) is 2.74. The summed E-state index contributed by atoms with van der Waals surface area (Å²) in [6, 6.07) is 9.36. The maximum atomic E-state index is 5.74. The summed E-state index contributed by atoms with van der Waals surface area (Å²) in [5.74, 6) is 1.09. The number of benzene rings is 1. The Morgan fingerprint density at radius 1 is 1.24 bits per heavy atom. The minimum Gasteiger partial charge on any atom is -0.488 e. The van der Waals surface area contributed by atoms with Crippen molar-refractivity contribution in [1.82, 2.24) is 15.2 Å². The molecule has 0 saturated heterocycles. The molecule has 1 aromatic carbocycles. The molecule has 7 heteroatoms. The van der Waals surface area contributed by atoms with Gasteiger partial charge < -0.3 is 14.9 Å². The number of rotatable bonds is 4. The Morgan fingerprint density at radius 2 is 2.14 bits per heavy atom. The highest BCUT2D eigenvalue weighted by Crippen LogP contribution is 2.30. The topological polar surface area (TPSA) is 87.1 Å². The highest BCUT2D eigenvalue weighted by molar-refractivity contribution is 9.10. The van der Waals surface area contributed by atoms with Crippen molar-refractivity contribution >= 4 is 21.9 Å². The highest BCUT2D eigenvalue weighted by atomic mass is 79.9. The molecule has 3 rings (SSSR count). The fourth-order valence-corrected chi connectivity index (χ4v) is 2.24. The van der Waals surface area contributed by atoms with Crippen LogP contribution in [0.25, 0.3) is 11.5 Å². The second kappa shape index (κ2) is 5.92. The van der Waals surface area contributed by atoms with E-state index in [0.717, 1.165) is 21.3 Å². The standard InChI is InChI=1S/C14H11BrN4O2/c15-11-6-10(13-18-19-14(16)21-13)3-4-12(11)20-8-9-2-1-5-17-7-9/h1-7H,8H2,(H2,16,19). The molecule has 2 N–H and O–H groups in total. The average Bonchev–Trinajstić information content (AvgIpc) is 2.93. The van der Waals surface area contributed by atoms with Crippen LogP contribution in [0.1, 0.15) is 5.56 Å². The van der Waals surface area contributed by atoms with Crippen molar-refractivity contribution < 1.29 is 9.15 Å². The Labute approximate surface area is 129 Å². The summed E-state index contributed by atoms with van der Waals surface area (Å²) in [6.45, 7) is 0.444. The number of halogens is 1. The van der Waals surface area contributed by atoms with Gasteiger partial charge in [-0.1, -0.05) is 11.2 Å². The number of nitrogens with two attached hydrogens (primary N) is 1. The van der Waals surface area contributed by atoms with Crippen molar-refractivity contribution in [3.8, 4) is 17.2 Å². The van der Waals surface area contributed by atoms with Gasteiger partial charge in [0.15, 0.2) is 0 Å². The van der Waals surface area contributed by atoms with Crippen molar-refractivity contribution in [2.45, 2.75) is 6.61 Å². The predicted molar refractivity (Wildman–Crippen MR) is 80.4 cm³/mol. The van der Waals surface area contributed by atoms with Crippen molar-refractivity contribution in [3.05, 3.63) is 52.8 Å². The number of hydrogen-bond donors (Lipinski definition) is 1. The van der Waals surface area contributed by atoms with Gasteiger partial charge in [0.25, 0.3) is 0 Å². The highest BCUT2D eigenvalue weighted by Gasteiger charge is 2.09. The first-order valence-corrected chi connectivity index (χ1v) is 6.92. The molecule has 3 aromatic rings. The van der Waals surface area contributed by atoms with Crippen LogP contribution in [0.2, 0.25) is 0 Å². The van der Waals surface area contributed by atoms with Gasteiger partial charge in [-0.3, -0.25) is 4.98 Å². The van der Waals surface area contributed by atoms with Crippen molar-refractivity contribution in [2.24, 2.45) is 0 Å². The van der Waals surface area contributed by atoms with Crippen molar-refractivity contribution in [3.63, 3.8) is 0 Å². The van der Waals surface area contributed by atoms with E-state index in [9.17, 15) is 0 Å². The van der Waals surface area contributed by atoms with E-state index in [1.54, 1.807) is 12.4 Å². The third-order valence-corrected chi connectivity index (χ3v) is 3.36. The number of hydrogen-bond acceptors (Lipinski definition) is 6. The normalized spacial score (nSPS) is 10.5. The Morgan fingerprint density at radius 3 is 2.81 bits per heavy atom. The Balaban J connectivity index is 1.75. The lowest BCUT2D eigenvalue weighted by Crippen LogP contribution is -1.96. The molecule has 0 saturated carbocycles. The first kappa shape index (κ1) is 13.6. The number of anilines is 1. The molecule has 0 aliphatic heterocycles. The molecule has 2 heterocycles. The maximum Gasteiger partial charge on any atom is 0.313 e. The Hall–Kier alpha value is -2.41. The van der Waals surface area contributed by atoms with E-state index in [4.69, 9.17) is 14.9 Å². The van der Waals surface area contributed by atoms with Gasteiger partial charge in [-0.05, 0) is 40.2 Å². The van der Waals surface area contributed by atoms with Gasteiger partial charge in [0.05, 0.1) is 4.47 Å². The molecule has 0 atom stereocenters. The minimum absolute atomic E-state index is 0.0398. The number of pyridine rings is 1. The molecule has 0 unspecified atom stereocenters. The fourth-order valence-electron chi connectivity index (χ4n) is 1.75. The monoisotopic (exact) mass is 346 g/mol. The van der Waals surface area contributed by atoms with Crippen molar-refractivity contribution in [1.29, 1.82) is 0 Å². The molecule has 0 spiro atoms. The largest absolute Gasteiger partial charge is 0.488 e. The molecule has 0 aliphatic rings. The number of nitrogen functional groups attached to an aromatic ring is 1. The molecule has 0 aliphatic carbocycles. The molecule has 21 heavy (non-hydrogen) atoms. The predicted octanol–water partition coefficient (Wildman–Crippen LogP) is 3.06. The van der Waals surface area contributed by atoms with Gasteiger partial charge in [0, 0.05) is 23.5 Å². The first-order valence-electron chi connectivity index (χ1n) is 6.13. The average molecular weight is 347 g/mol. The quantitative estimate of drug-likeness (QED) is 0.781. The summed E-state index contributed by atoms with van der Waals surface area (Å²) in [6.07, 6.45) is 3.49. The molecule has 2 aromatic heterocycles. The van der Waals surface area contributed by atoms with Gasteiger partial charge in [-0.25, -0.2) is 0 Å². The fraction of sp³-hybridized carbons (Fsp3) is 0.0714. The summed E-state index contributed by atoms with van der Waals surface area (Å²) >= 11 is 3.46. The van der Waals surface area contributed by atoms with Crippen LogP contribution in [0.5, 0.6) is 5.75 Å². The summed E-state index contributed by atoms with van der Waals surface area (Å²) in [4.78, 5) is 4.04. The number of nitrogens with zero attached hydrogens (tertiary/aromatic N) is 3. The van der Waals surface area contributed by atoms with Crippen LogP contribution in [0.3, 0.4) is 0 Å². The third kappa shape index (κ3) is 3.19. The van der Waals surface area contributed by atoms with E-state index < -0.39 is 0 Å². The van der Waals surface area contributed by atoms with Gasteiger partial charge in [-0.15, -0.1) is 5.10 Å². The minimum atomic E-state index is 0.0398. The zero-order valence-electron chi connectivity index (χ0n) is 10.9. The lowest BCUT2D eigenvalue weighted by atomic mass is 10.2. The molecule has 0 fully saturated rings. The SMILES string of the molecule is Nc1nnc(-c2ccc(OCc3cccnc3)c(Br)c2)o1. The summed E-state index contributed by atoms with van der Waals surface area (Å²) in [7, 11) is 0. The van der Waals surface area contributed by atoms with Gasteiger partial charge in [-0.2, -0.15) is 0 Å². The molecule has 0 amide bonds. The lowest BCUT2D eigenvalue weighted by molar-refractivity contribution is 0.304. The zero-order valence-corrected chi connectivity index (χ0v) is 12.4. The van der Waals surface area contributed by atoms with E-state index >= 15 is 0 Å². The second-order valence-corrected chi connectivity index (χ2v) is 5.09. The first-order chi connectivity index (χ1) is 10.2. The summed E-state index contributed by atoms with van der Waals surface area (Å²) < 4.78 is 11.7. The van der Waals surface area contributed by atoms with Crippen LogP contribution in [0.4, 0.5) is 6.01 Å². The molecule has 106 valence electrons.